The molecular formula is C22H23FN4O. The highest BCUT2D eigenvalue weighted by Crippen LogP contribution is 2.19. The molecule has 0 atom stereocenters. The van der Waals surface area contributed by atoms with Crippen molar-refractivity contribution in [3.63, 3.8) is 0 Å². The summed E-state index contributed by atoms with van der Waals surface area (Å²) in [4.78, 5) is 21.2. The summed E-state index contributed by atoms with van der Waals surface area (Å²) >= 11 is 0. The van der Waals surface area contributed by atoms with Gasteiger partial charge in [-0.05, 0) is 62.1 Å². The van der Waals surface area contributed by atoms with Gasteiger partial charge in [-0.15, -0.1) is 0 Å². The summed E-state index contributed by atoms with van der Waals surface area (Å²) < 4.78 is 13.0. The van der Waals surface area contributed by atoms with Gasteiger partial charge in [-0.3, -0.25) is 4.79 Å². The molecule has 0 saturated heterocycles. The molecule has 0 unspecified atom stereocenters. The minimum Gasteiger partial charge on any atom is -0.370 e. The molecule has 0 aliphatic carbocycles. The Hall–Kier alpha value is -3.28. The number of carbonyl (C=O) groups excluding carboxylic acids is 1. The van der Waals surface area contributed by atoms with Gasteiger partial charge >= 0.3 is 0 Å². The van der Waals surface area contributed by atoms with Crippen LogP contribution in [0.5, 0.6) is 0 Å². The zero-order chi connectivity index (χ0) is 20.1. The van der Waals surface area contributed by atoms with E-state index in [1.807, 2.05) is 32.0 Å². The Morgan fingerprint density at radius 3 is 2.54 bits per heavy atom. The van der Waals surface area contributed by atoms with Crippen molar-refractivity contribution in [1.29, 1.82) is 0 Å². The van der Waals surface area contributed by atoms with Gasteiger partial charge in [-0.2, -0.15) is 0 Å². The van der Waals surface area contributed by atoms with Crippen LogP contribution in [-0.2, 0) is 6.42 Å². The van der Waals surface area contributed by atoms with E-state index in [9.17, 15) is 9.18 Å². The lowest BCUT2D eigenvalue weighted by Crippen LogP contribution is -2.17. The van der Waals surface area contributed by atoms with Crippen LogP contribution in [0.4, 0.5) is 15.9 Å². The molecule has 0 aliphatic heterocycles. The van der Waals surface area contributed by atoms with Crippen molar-refractivity contribution in [2.45, 2.75) is 27.2 Å². The summed E-state index contributed by atoms with van der Waals surface area (Å²) in [7, 11) is 0. The number of aryl methyl sites for hydroxylation is 2. The van der Waals surface area contributed by atoms with Crippen LogP contribution in [0.25, 0.3) is 0 Å². The number of anilines is 2. The number of carbonyl (C=O) groups is 1. The fourth-order valence-corrected chi connectivity index (χ4v) is 2.83. The molecule has 0 saturated carbocycles. The number of hydrogen-bond donors (Lipinski definition) is 2. The summed E-state index contributed by atoms with van der Waals surface area (Å²) in [5, 5.41) is 6.12. The second-order valence-electron chi connectivity index (χ2n) is 6.69. The second kappa shape index (κ2) is 8.61. The molecule has 1 amide bonds. The van der Waals surface area contributed by atoms with Crippen molar-refractivity contribution in [2.24, 2.45) is 0 Å². The average Bonchev–Trinajstić information content (AvgIpc) is 2.66. The third-order valence-electron chi connectivity index (χ3n) is 4.56. The number of halogens is 1. The molecule has 0 radical (unpaired) electrons. The Balaban J connectivity index is 1.67. The zero-order valence-corrected chi connectivity index (χ0v) is 16.2. The van der Waals surface area contributed by atoms with Crippen LogP contribution in [0.1, 0.15) is 33.0 Å². The van der Waals surface area contributed by atoms with Crippen LogP contribution in [0, 0.1) is 26.6 Å². The van der Waals surface area contributed by atoms with E-state index in [1.165, 1.54) is 12.1 Å². The molecule has 3 rings (SSSR count). The maximum Gasteiger partial charge on any atom is 0.274 e. The van der Waals surface area contributed by atoms with Crippen LogP contribution < -0.4 is 10.6 Å². The first-order valence-corrected chi connectivity index (χ1v) is 9.14. The van der Waals surface area contributed by atoms with Crippen LogP contribution in [0.2, 0.25) is 0 Å². The van der Waals surface area contributed by atoms with Gasteiger partial charge < -0.3 is 10.6 Å². The summed E-state index contributed by atoms with van der Waals surface area (Å²) in [6, 6.07) is 13.8. The predicted molar refractivity (Wildman–Crippen MR) is 109 cm³/mol. The minimum absolute atomic E-state index is 0.248. The van der Waals surface area contributed by atoms with Crippen molar-refractivity contribution in [3.8, 4) is 0 Å². The van der Waals surface area contributed by atoms with E-state index >= 15 is 0 Å². The molecule has 6 heteroatoms. The lowest BCUT2D eigenvalue weighted by Gasteiger charge is -2.11. The lowest BCUT2D eigenvalue weighted by molar-refractivity contribution is 0.102. The predicted octanol–water partition coefficient (Wildman–Crippen LogP) is 4.45. The highest BCUT2D eigenvalue weighted by molar-refractivity contribution is 6.03. The Morgan fingerprint density at radius 2 is 1.79 bits per heavy atom. The molecule has 5 nitrogen and oxygen atoms in total. The van der Waals surface area contributed by atoms with E-state index in [1.54, 1.807) is 25.1 Å². The molecule has 28 heavy (non-hydrogen) atoms. The summed E-state index contributed by atoms with van der Waals surface area (Å²) in [6.07, 6.45) is 0.716. The SMILES string of the molecule is Cc1nc(NCCc2ccc(F)cc2)cc(C(=O)Nc2cccc(C)c2C)n1. The van der Waals surface area contributed by atoms with Crippen LogP contribution in [0.3, 0.4) is 0 Å². The van der Waals surface area contributed by atoms with Gasteiger partial charge in [0.1, 0.15) is 23.2 Å². The summed E-state index contributed by atoms with van der Waals surface area (Å²) in [5.41, 5.74) is 4.23. The first kappa shape index (κ1) is 19.5. The van der Waals surface area contributed by atoms with Crippen molar-refractivity contribution in [3.05, 3.63) is 82.6 Å². The zero-order valence-electron chi connectivity index (χ0n) is 16.2. The van der Waals surface area contributed by atoms with E-state index < -0.39 is 0 Å². The maximum atomic E-state index is 13.0. The lowest BCUT2D eigenvalue weighted by atomic mass is 10.1. The fourth-order valence-electron chi connectivity index (χ4n) is 2.83. The molecular weight excluding hydrogens is 355 g/mol. The normalized spacial score (nSPS) is 10.6. The monoisotopic (exact) mass is 378 g/mol. The highest BCUT2D eigenvalue weighted by atomic mass is 19.1. The molecule has 0 spiro atoms. The van der Waals surface area contributed by atoms with E-state index in [0.29, 0.717) is 30.3 Å². The molecule has 2 N–H and O–H groups in total. The van der Waals surface area contributed by atoms with Gasteiger partial charge in [0.25, 0.3) is 5.91 Å². The number of nitrogens with zero attached hydrogens (tertiary/aromatic N) is 2. The highest BCUT2D eigenvalue weighted by Gasteiger charge is 2.12. The second-order valence-corrected chi connectivity index (χ2v) is 6.69. The number of amides is 1. The molecule has 144 valence electrons. The molecule has 0 aliphatic rings. The van der Waals surface area contributed by atoms with Gasteiger partial charge in [-0.1, -0.05) is 24.3 Å². The van der Waals surface area contributed by atoms with Gasteiger partial charge in [0.15, 0.2) is 0 Å². The number of hydrogen-bond acceptors (Lipinski definition) is 4. The third-order valence-corrected chi connectivity index (χ3v) is 4.56. The van der Waals surface area contributed by atoms with Crippen molar-refractivity contribution in [2.75, 3.05) is 17.2 Å². The van der Waals surface area contributed by atoms with Crippen molar-refractivity contribution in [1.82, 2.24) is 9.97 Å². The Labute approximate surface area is 164 Å². The first-order chi connectivity index (χ1) is 13.4. The first-order valence-electron chi connectivity index (χ1n) is 9.14. The van der Waals surface area contributed by atoms with Gasteiger partial charge in [0.2, 0.25) is 0 Å². The van der Waals surface area contributed by atoms with Gasteiger partial charge in [0, 0.05) is 18.3 Å². The molecule has 1 heterocycles. The number of aromatic nitrogens is 2. The molecule has 0 bridgehead atoms. The number of benzene rings is 2. The molecule has 3 aromatic rings. The molecule has 0 fully saturated rings. The van der Waals surface area contributed by atoms with E-state index in [4.69, 9.17) is 0 Å². The minimum atomic E-state index is -0.277. The Bertz CT molecular complexity index is 986. The van der Waals surface area contributed by atoms with Crippen molar-refractivity contribution < 1.29 is 9.18 Å². The largest absolute Gasteiger partial charge is 0.370 e. The van der Waals surface area contributed by atoms with Gasteiger partial charge in [0.05, 0.1) is 0 Å². The number of rotatable bonds is 6. The summed E-state index contributed by atoms with van der Waals surface area (Å²) in [6.45, 7) is 6.33. The van der Waals surface area contributed by atoms with E-state index in [0.717, 1.165) is 22.4 Å². The van der Waals surface area contributed by atoms with Crippen molar-refractivity contribution >= 4 is 17.4 Å². The third kappa shape index (κ3) is 4.91. The quantitative estimate of drug-likeness (QED) is 0.665. The summed E-state index contributed by atoms with van der Waals surface area (Å²) in [5.74, 6) is 0.571. The average molecular weight is 378 g/mol. The smallest absolute Gasteiger partial charge is 0.274 e. The van der Waals surface area contributed by atoms with Gasteiger partial charge in [-0.25, -0.2) is 14.4 Å². The van der Waals surface area contributed by atoms with E-state index in [2.05, 4.69) is 20.6 Å². The van der Waals surface area contributed by atoms with E-state index in [-0.39, 0.29) is 11.7 Å². The maximum absolute atomic E-state index is 13.0. The Kier molecular flexibility index (Phi) is 5.99. The van der Waals surface area contributed by atoms with Crippen LogP contribution >= 0.6 is 0 Å². The Morgan fingerprint density at radius 1 is 1.04 bits per heavy atom. The molecule has 2 aromatic carbocycles. The topological polar surface area (TPSA) is 66.9 Å². The van der Waals surface area contributed by atoms with Crippen LogP contribution in [0.15, 0.2) is 48.5 Å². The fraction of sp³-hybridized carbons (Fsp3) is 0.227. The number of nitrogens with one attached hydrogen (secondary N) is 2. The standard InChI is InChI=1S/C22H23FN4O/c1-14-5-4-6-19(15(14)2)27-22(28)20-13-21(26-16(3)25-20)24-12-11-17-7-9-18(23)10-8-17/h4-10,13H,11-12H2,1-3H3,(H,27,28)(H,24,25,26). The van der Waals surface area contributed by atoms with Crippen LogP contribution in [-0.4, -0.2) is 22.4 Å². The molecule has 1 aromatic heterocycles.